The van der Waals surface area contributed by atoms with Gasteiger partial charge in [-0.3, -0.25) is 4.79 Å². The molecule has 0 saturated carbocycles. The Balaban J connectivity index is 0.000000845. The fourth-order valence-electron chi connectivity index (χ4n) is 1.07. The third-order valence-corrected chi connectivity index (χ3v) is 4.45. The third kappa shape index (κ3) is 1.34. The van der Waals surface area contributed by atoms with E-state index in [0.29, 0.717) is 0 Å². The Hall–Kier alpha value is -0.920. The molecular weight excluding hydrogens is 212 g/mol. The molecule has 0 radical (unpaired) electrons. The minimum absolute atomic E-state index is 0. The molecule has 1 aliphatic heterocycles. The van der Waals surface area contributed by atoms with Gasteiger partial charge in [-0.05, 0) is 13.0 Å². The van der Waals surface area contributed by atoms with Crippen molar-refractivity contribution in [3.05, 3.63) is 16.5 Å². The van der Waals surface area contributed by atoms with Crippen LogP contribution in [0.25, 0.3) is 0 Å². The second kappa shape index (κ2) is 2.79. The highest BCUT2D eigenvalue weighted by Gasteiger charge is 2.34. The van der Waals surface area contributed by atoms with Crippen molar-refractivity contribution in [1.82, 2.24) is 10.9 Å². The molecule has 1 aliphatic rings. The zero-order chi connectivity index (χ0) is 8.93. The van der Waals surface area contributed by atoms with Crippen LogP contribution in [0.1, 0.15) is 15.2 Å². The number of amides is 1. The molecule has 0 fully saturated rings. The summed E-state index contributed by atoms with van der Waals surface area (Å²) in [6, 6.07) is 1.58. The fourth-order valence-corrected chi connectivity index (χ4v) is 3.65. The van der Waals surface area contributed by atoms with Gasteiger partial charge in [0.15, 0.2) is 4.21 Å². The summed E-state index contributed by atoms with van der Waals surface area (Å²) in [6.07, 6.45) is 0. The standard InChI is InChI=1S/C6H5NO3S2.H3N/c1-3-2-4-5(8)7-12(9,10)6(4)11-3;/h2H,1H3,(H,7,8);1H3. The van der Waals surface area contributed by atoms with Crippen LogP contribution in [0.3, 0.4) is 0 Å². The molecule has 1 amide bonds. The molecule has 13 heavy (non-hydrogen) atoms. The highest BCUT2D eigenvalue weighted by molar-refractivity contribution is 7.92. The molecule has 0 aromatic carbocycles. The van der Waals surface area contributed by atoms with E-state index in [4.69, 9.17) is 0 Å². The Labute approximate surface area is 79.4 Å². The van der Waals surface area contributed by atoms with Gasteiger partial charge in [0, 0.05) is 4.88 Å². The summed E-state index contributed by atoms with van der Waals surface area (Å²) < 4.78 is 24.4. The quantitative estimate of drug-likeness (QED) is 0.670. The van der Waals surface area contributed by atoms with Crippen molar-refractivity contribution >= 4 is 27.3 Å². The van der Waals surface area contributed by atoms with Gasteiger partial charge in [-0.15, -0.1) is 11.3 Å². The van der Waals surface area contributed by atoms with Gasteiger partial charge in [-0.2, -0.15) is 0 Å². The third-order valence-electron chi connectivity index (χ3n) is 1.54. The SMILES string of the molecule is Cc1cc2c(s1)S(=O)(=O)NC2=O.N. The number of thiophene rings is 1. The molecule has 0 atom stereocenters. The monoisotopic (exact) mass is 220 g/mol. The fraction of sp³-hybridized carbons (Fsp3) is 0.167. The summed E-state index contributed by atoms with van der Waals surface area (Å²) in [5.74, 6) is -0.519. The Bertz CT molecular complexity index is 460. The van der Waals surface area contributed by atoms with Crippen LogP contribution in [0.4, 0.5) is 0 Å². The van der Waals surface area contributed by atoms with Crippen molar-refractivity contribution in [3.8, 4) is 0 Å². The van der Waals surface area contributed by atoms with Crippen molar-refractivity contribution in [1.29, 1.82) is 0 Å². The van der Waals surface area contributed by atoms with Gasteiger partial charge in [-0.25, -0.2) is 13.1 Å². The van der Waals surface area contributed by atoms with Crippen molar-refractivity contribution in [2.45, 2.75) is 11.1 Å². The molecule has 1 aromatic heterocycles. The van der Waals surface area contributed by atoms with Crippen LogP contribution < -0.4 is 10.9 Å². The second-order valence-electron chi connectivity index (χ2n) is 2.49. The molecule has 1 aromatic rings. The minimum atomic E-state index is -3.51. The van der Waals surface area contributed by atoms with Crippen LogP contribution in [0.15, 0.2) is 10.3 Å². The predicted octanol–water partition coefficient (Wildman–Crippen LogP) is 0.651. The Morgan fingerprint density at radius 1 is 1.46 bits per heavy atom. The largest absolute Gasteiger partial charge is 0.344 e. The lowest BCUT2D eigenvalue weighted by Gasteiger charge is -1.90. The smallest absolute Gasteiger partial charge is 0.274 e. The Morgan fingerprint density at radius 2 is 2.08 bits per heavy atom. The molecule has 5 nitrogen and oxygen atoms in total. The van der Waals surface area contributed by atoms with Gasteiger partial charge < -0.3 is 6.15 Å². The van der Waals surface area contributed by atoms with Crippen molar-refractivity contribution in [2.24, 2.45) is 0 Å². The lowest BCUT2D eigenvalue weighted by molar-refractivity contribution is 0.0985. The molecular formula is C6H8N2O3S2. The van der Waals surface area contributed by atoms with E-state index in [-0.39, 0.29) is 15.9 Å². The zero-order valence-electron chi connectivity index (χ0n) is 6.83. The van der Waals surface area contributed by atoms with E-state index in [1.165, 1.54) is 0 Å². The molecule has 2 heterocycles. The van der Waals surface area contributed by atoms with E-state index in [0.717, 1.165) is 16.2 Å². The molecule has 0 bridgehead atoms. The molecule has 0 unspecified atom stereocenters. The van der Waals surface area contributed by atoms with Gasteiger partial charge >= 0.3 is 0 Å². The number of aryl methyl sites for hydroxylation is 1. The van der Waals surface area contributed by atoms with Crippen molar-refractivity contribution in [3.63, 3.8) is 0 Å². The van der Waals surface area contributed by atoms with E-state index >= 15 is 0 Å². The van der Waals surface area contributed by atoms with Crippen LogP contribution in [-0.2, 0) is 10.0 Å². The zero-order valence-corrected chi connectivity index (χ0v) is 8.46. The average molecular weight is 220 g/mol. The van der Waals surface area contributed by atoms with E-state index in [2.05, 4.69) is 0 Å². The van der Waals surface area contributed by atoms with Gasteiger partial charge in [0.2, 0.25) is 0 Å². The first kappa shape index (κ1) is 10.2. The molecule has 4 N–H and O–H groups in total. The number of hydrogen-bond donors (Lipinski definition) is 2. The van der Waals surface area contributed by atoms with Crippen LogP contribution in [0, 0.1) is 6.92 Å². The maximum atomic E-state index is 11.2. The summed E-state index contributed by atoms with van der Waals surface area (Å²) in [7, 11) is -3.51. The number of carbonyl (C=O) groups excluding carboxylic acids is 1. The summed E-state index contributed by atoms with van der Waals surface area (Å²) in [5.41, 5.74) is 0.275. The number of carbonyl (C=O) groups is 1. The van der Waals surface area contributed by atoms with Gasteiger partial charge in [0.1, 0.15) is 0 Å². The van der Waals surface area contributed by atoms with Crippen molar-refractivity contribution in [2.75, 3.05) is 0 Å². The van der Waals surface area contributed by atoms with Crippen LogP contribution in [0.5, 0.6) is 0 Å². The molecule has 0 saturated heterocycles. The predicted molar refractivity (Wildman–Crippen MR) is 48.7 cm³/mol. The lowest BCUT2D eigenvalue weighted by atomic mass is 10.3. The number of hydrogen-bond acceptors (Lipinski definition) is 5. The molecule has 7 heteroatoms. The first-order valence-electron chi connectivity index (χ1n) is 3.18. The summed E-state index contributed by atoms with van der Waals surface area (Å²) in [5, 5.41) is 0. The highest BCUT2D eigenvalue weighted by Crippen LogP contribution is 2.30. The molecule has 2 rings (SSSR count). The number of nitrogens with one attached hydrogen (secondary N) is 1. The van der Waals surface area contributed by atoms with Crippen LogP contribution in [-0.4, -0.2) is 14.3 Å². The summed E-state index contributed by atoms with van der Waals surface area (Å²) >= 11 is 1.12. The number of rotatable bonds is 0. The van der Waals surface area contributed by atoms with Gasteiger partial charge in [-0.1, -0.05) is 0 Å². The summed E-state index contributed by atoms with van der Waals surface area (Å²) in [4.78, 5) is 11.8. The first-order chi connectivity index (χ1) is 5.50. The van der Waals surface area contributed by atoms with E-state index in [1.54, 1.807) is 13.0 Å². The maximum Gasteiger partial charge on any atom is 0.274 e. The van der Waals surface area contributed by atoms with Crippen molar-refractivity contribution < 1.29 is 13.2 Å². The molecule has 72 valence electrons. The molecule has 0 spiro atoms. The number of fused-ring (bicyclic) bond motifs is 1. The average Bonchev–Trinajstić information content (AvgIpc) is 2.37. The topological polar surface area (TPSA) is 98.2 Å². The molecule has 0 aliphatic carbocycles. The summed E-state index contributed by atoms with van der Waals surface area (Å²) in [6.45, 7) is 1.77. The first-order valence-corrected chi connectivity index (χ1v) is 5.48. The van der Waals surface area contributed by atoms with Crippen LogP contribution in [0.2, 0.25) is 0 Å². The van der Waals surface area contributed by atoms with E-state index in [1.807, 2.05) is 4.72 Å². The Morgan fingerprint density at radius 3 is 2.62 bits per heavy atom. The maximum absolute atomic E-state index is 11.2. The van der Waals surface area contributed by atoms with Gasteiger partial charge in [0.25, 0.3) is 15.9 Å². The lowest BCUT2D eigenvalue weighted by Crippen LogP contribution is -2.20. The van der Waals surface area contributed by atoms with E-state index in [9.17, 15) is 13.2 Å². The van der Waals surface area contributed by atoms with Gasteiger partial charge in [0.05, 0.1) is 5.56 Å². The minimum Gasteiger partial charge on any atom is -0.344 e. The Kier molecular flexibility index (Phi) is 2.18. The number of sulfonamides is 1. The second-order valence-corrected chi connectivity index (χ2v) is 5.63. The van der Waals surface area contributed by atoms with Crippen LogP contribution >= 0.6 is 11.3 Å². The highest BCUT2D eigenvalue weighted by atomic mass is 32.2. The van der Waals surface area contributed by atoms with E-state index < -0.39 is 15.9 Å². The normalized spacial score (nSPS) is 17.5.